The van der Waals surface area contributed by atoms with Crippen LogP contribution in [0, 0.1) is 5.92 Å². The summed E-state index contributed by atoms with van der Waals surface area (Å²) < 4.78 is 5.33. The fourth-order valence-electron chi connectivity index (χ4n) is 1.34. The standard InChI is InChI=1S/C11H21NO2S/c1-8(2)9(3)14-11(13)6-10-7-15-5-4-12-10/h8-10,12H,4-7H2,1-3H3. The normalized spacial score (nSPS) is 23.9. The van der Waals surface area contributed by atoms with Gasteiger partial charge in [-0.2, -0.15) is 11.8 Å². The molecule has 0 aliphatic carbocycles. The lowest BCUT2D eigenvalue weighted by Crippen LogP contribution is -2.39. The van der Waals surface area contributed by atoms with Gasteiger partial charge in [-0.3, -0.25) is 4.79 Å². The largest absolute Gasteiger partial charge is 0.462 e. The summed E-state index contributed by atoms with van der Waals surface area (Å²) in [6.45, 7) is 7.08. The average molecular weight is 231 g/mol. The maximum atomic E-state index is 11.6. The van der Waals surface area contributed by atoms with E-state index < -0.39 is 0 Å². The third-order valence-electron chi connectivity index (χ3n) is 2.67. The number of nitrogens with one attached hydrogen (secondary N) is 1. The fraction of sp³-hybridized carbons (Fsp3) is 0.909. The minimum Gasteiger partial charge on any atom is -0.462 e. The molecule has 0 aromatic rings. The first kappa shape index (κ1) is 12.8. The van der Waals surface area contributed by atoms with Crippen LogP contribution in [0.15, 0.2) is 0 Å². The van der Waals surface area contributed by atoms with Crippen LogP contribution < -0.4 is 5.32 Å². The maximum Gasteiger partial charge on any atom is 0.307 e. The molecule has 15 heavy (non-hydrogen) atoms. The lowest BCUT2D eigenvalue weighted by Gasteiger charge is -2.23. The maximum absolute atomic E-state index is 11.6. The first-order valence-corrected chi connectivity index (χ1v) is 6.75. The number of rotatable bonds is 4. The van der Waals surface area contributed by atoms with Gasteiger partial charge in [0.15, 0.2) is 0 Å². The molecule has 0 aromatic carbocycles. The minimum absolute atomic E-state index is 0.0220. The van der Waals surface area contributed by atoms with E-state index in [2.05, 4.69) is 19.2 Å². The number of ether oxygens (including phenoxy) is 1. The van der Waals surface area contributed by atoms with Crippen LogP contribution in [0.3, 0.4) is 0 Å². The highest BCUT2D eigenvalue weighted by Gasteiger charge is 2.19. The van der Waals surface area contributed by atoms with Crippen molar-refractivity contribution < 1.29 is 9.53 Å². The SMILES string of the molecule is CC(C)C(C)OC(=O)CC1CSCCN1. The van der Waals surface area contributed by atoms with Crippen molar-refractivity contribution in [2.24, 2.45) is 5.92 Å². The molecule has 0 aromatic heterocycles. The van der Waals surface area contributed by atoms with Crippen LogP contribution in [0.1, 0.15) is 27.2 Å². The lowest BCUT2D eigenvalue weighted by atomic mass is 10.1. The average Bonchev–Trinajstić information content (AvgIpc) is 2.18. The predicted molar refractivity (Wildman–Crippen MR) is 64.1 cm³/mol. The van der Waals surface area contributed by atoms with Gasteiger partial charge in [0.2, 0.25) is 0 Å². The molecule has 0 bridgehead atoms. The Bertz CT molecular complexity index is 203. The monoisotopic (exact) mass is 231 g/mol. The van der Waals surface area contributed by atoms with Crippen LogP contribution in [-0.2, 0) is 9.53 Å². The minimum atomic E-state index is -0.0730. The van der Waals surface area contributed by atoms with Crippen LogP contribution in [0.25, 0.3) is 0 Å². The first-order valence-electron chi connectivity index (χ1n) is 5.60. The molecule has 3 nitrogen and oxygen atoms in total. The van der Waals surface area contributed by atoms with E-state index >= 15 is 0 Å². The molecule has 0 saturated carbocycles. The van der Waals surface area contributed by atoms with Crippen molar-refractivity contribution in [1.82, 2.24) is 5.32 Å². The van der Waals surface area contributed by atoms with E-state index in [0.29, 0.717) is 18.4 Å². The molecule has 2 atom stereocenters. The zero-order valence-electron chi connectivity index (χ0n) is 9.79. The van der Waals surface area contributed by atoms with Crippen LogP contribution in [0.2, 0.25) is 0 Å². The fourth-order valence-corrected chi connectivity index (χ4v) is 2.29. The van der Waals surface area contributed by atoms with Crippen LogP contribution in [0.4, 0.5) is 0 Å². The van der Waals surface area contributed by atoms with Gasteiger partial charge in [0.25, 0.3) is 0 Å². The van der Waals surface area contributed by atoms with Gasteiger partial charge in [-0.15, -0.1) is 0 Å². The van der Waals surface area contributed by atoms with Gasteiger partial charge < -0.3 is 10.1 Å². The van der Waals surface area contributed by atoms with Gasteiger partial charge in [-0.25, -0.2) is 0 Å². The molecular formula is C11H21NO2S. The molecule has 0 radical (unpaired) electrons. The van der Waals surface area contributed by atoms with Crippen molar-refractivity contribution in [3.05, 3.63) is 0 Å². The van der Waals surface area contributed by atoms with Gasteiger partial charge in [0.05, 0.1) is 6.42 Å². The molecule has 2 unspecified atom stereocenters. The Morgan fingerprint density at radius 1 is 1.53 bits per heavy atom. The molecular weight excluding hydrogens is 210 g/mol. The van der Waals surface area contributed by atoms with E-state index in [-0.39, 0.29) is 12.1 Å². The van der Waals surface area contributed by atoms with Crippen molar-refractivity contribution in [2.45, 2.75) is 39.3 Å². The number of carbonyl (C=O) groups is 1. The Labute approximate surface area is 96.3 Å². The second-order valence-corrected chi connectivity index (χ2v) is 5.52. The summed E-state index contributed by atoms with van der Waals surface area (Å²) >= 11 is 1.90. The van der Waals surface area contributed by atoms with E-state index in [9.17, 15) is 4.79 Å². The van der Waals surface area contributed by atoms with Crippen molar-refractivity contribution >= 4 is 17.7 Å². The molecule has 1 aliphatic heterocycles. The smallest absolute Gasteiger partial charge is 0.307 e. The Morgan fingerprint density at radius 3 is 2.80 bits per heavy atom. The summed E-state index contributed by atoms with van der Waals surface area (Å²) in [6, 6.07) is 0.301. The van der Waals surface area contributed by atoms with Crippen molar-refractivity contribution in [2.75, 3.05) is 18.1 Å². The molecule has 0 amide bonds. The van der Waals surface area contributed by atoms with Gasteiger partial charge in [0.1, 0.15) is 6.10 Å². The molecule has 1 aliphatic rings. The quantitative estimate of drug-likeness (QED) is 0.747. The summed E-state index contributed by atoms with van der Waals surface area (Å²) in [5, 5.41) is 3.33. The zero-order valence-corrected chi connectivity index (χ0v) is 10.6. The lowest BCUT2D eigenvalue weighted by molar-refractivity contribution is -0.150. The van der Waals surface area contributed by atoms with E-state index in [1.165, 1.54) is 0 Å². The molecule has 1 fully saturated rings. The highest BCUT2D eigenvalue weighted by Crippen LogP contribution is 2.12. The third kappa shape index (κ3) is 4.89. The number of thioether (sulfide) groups is 1. The zero-order chi connectivity index (χ0) is 11.3. The molecule has 1 N–H and O–H groups in total. The van der Waals surface area contributed by atoms with Gasteiger partial charge in [0, 0.05) is 24.1 Å². The summed E-state index contributed by atoms with van der Waals surface area (Å²) in [4.78, 5) is 11.6. The number of hydrogen-bond donors (Lipinski definition) is 1. The van der Waals surface area contributed by atoms with Crippen LogP contribution >= 0.6 is 11.8 Å². The van der Waals surface area contributed by atoms with Gasteiger partial charge in [-0.05, 0) is 12.8 Å². The van der Waals surface area contributed by atoms with Crippen LogP contribution in [0.5, 0.6) is 0 Å². The third-order valence-corrected chi connectivity index (χ3v) is 3.80. The van der Waals surface area contributed by atoms with Crippen molar-refractivity contribution in [3.63, 3.8) is 0 Å². The second-order valence-electron chi connectivity index (χ2n) is 4.37. The molecule has 1 heterocycles. The van der Waals surface area contributed by atoms with E-state index in [0.717, 1.165) is 18.1 Å². The Morgan fingerprint density at radius 2 is 2.27 bits per heavy atom. The van der Waals surface area contributed by atoms with Crippen molar-refractivity contribution in [3.8, 4) is 0 Å². The van der Waals surface area contributed by atoms with Gasteiger partial charge >= 0.3 is 5.97 Å². The van der Waals surface area contributed by atoms with E-state index in [1.54, 1.807) is 0 Å². The first-order chi connectivity index (χ1) is 7.09. The van der Waals surface area contributed by atoms with Crippen LogP contribution in [-0.4, -0.2) is 36.2 Å². The van der Waals surface area contributed by atoms with E-state index in [4.69, 9.17) is 4.74 Å². The number of carbonyl (C=O) groups excluding carboxylic acids is 1. The second kappa shape index (κ2) is 6.38. The predicted octanol–water partition coefficient (Wildman–Crippen LogP) is 1.67. The molecule has 4 heteroatoms. The molecule has 1 saturated heterocycles. The summed E-state index contributed by atoms with van der Waals surface area (Å²) in [7, 11) is 0. The Balaban J connectivity index is 2.22. The summed E-state index contributed by atoms with van der Waals surface area (Å²) in [5.74, 6) is 2.48. The summed E-state index contributed by atoms with van der Waals surface area (Å²) in [6.07, 6.45) is 0.526. The highest BCUT2D eigenvalue weighted by molar-refractivity contribution is 7.99. The summed E-state index contributed by atoms with van der Waals surface area (Å²) in [5.41, 5.74) is 0. The Kier molecular flexibility index (Phi) is 5.47. The molecule has 1 rings (SSSR count). The molecule has 88 valence electrons. The highest BCUT2D eigenvalue weighted by atomic mass is 32.2. The number of esters is 1. The number of hydrogen-bond acceptors (Lipinski definition) is 4. The van der Waals surface area contributed by atoms with E-state index in [1.807, 2.05) is 18.7 Å². The Hall–Kier alpha value is -0.220. The van der Waals surface area contributed by atoms with Gasteiger partial charge in [-0.1, -0.05) is 13.8 Å². The van der Waals surface area contributed by atoms with Crippen molar-refractivity contribution in [1.29, 1.82) is 0 Å². The molecule has 0 spiro atoms. The topological polar surface area (TPSA) is 38.3 Å².